The Labute approximate surface area is 222 Å². The van der Waals surface area contributed by atoms with Gasteiger partial charge in [0.05, 0.1) is 14.7 Å². The van der Waals surface area contributed by atoms with Gasteiger partial charge < -0.3 is 15.2 Å². The van der Waals surface area contributed by atoms with Crippen molar-refractivity contribution >= 4 is 41.0 Å². The number of aliphatic carboxylic acids is 1. The van der Waals surface area contributed by atoms with Gasteiger partial charge in [0.15, 0.2) is 0 Å². The van der Waals surface area contributed by atoms with Crippen LogP contribution in [0.5, 0.6) is 5.75 Å². The maximum Gasteiger partial charge on any atom is 0.303 e. The number of anilines is 1. The Morgan fingerprint density at radius 2 is 1.82 bits per heavy atom. The second-order valence-electron chi connectivity index (χ2n) is 10.0. The molecule has 38 heavy (non-hydrogen) atoms. The standard InChI is InChI=1S/C25H33F2N3O6SSi/c1-5-36-18-8-9-19-16(13-18)10-12-30(37(34,35)28-11-6-7-22(31)32)23(19)25(33)29-17-14-20(26)24(21(27)15-17)38(2,3)4/h8-9,13-15,23,28H,5-7,10-12H2,1-4H3,(H,29,33)(H,31,32)/t23-/m1/s1. The molecule has 0 saturated heterocycles. The van der Waals surface area contributed by atoms with Crippen LogP contribution < -0.4 is 20.0 Å². The van der Waals surface area contributed by atoms with E-state index in [1.807, 2.05) is 6.92 Å². The zero-order valence-electron chi connectivity index (χ0n) is 21.8. The Morgan fingerprint density at radius 3 is 2.39 bits per heavy atom. The Morgan fingerprint density at radius 1 is 1.16 bits per heavy atom. The van der Waals surface area contributed by atoms with Gasteiger partial charge in [0.1, 0.15) is 23.4 Å². The minimum absolute atomic E-state index is 0.0109. The molecule has 0 unspecified atom stereocenters. The molecular formula is C25H33F2N3O6SSi. The maximum absolute atomic E-state index is 14.8. The summed E-state index contributed by atoms with van der Waals surface area (Å²) in [7, 11) is -6.56. The molecule has 208 valence electrons. The van der Waals surface area contributed by atoms with Crippen molar-refractivity contribution in [2.45, 2.75) is 51.9 Å². The topological polar surface area (TPSA) is 125 Å². The summed E-state index contributed by atoms with van der Waals surface area (Å²) in [5, 5.41) is 11.3. The van der Waals surface area contributed by atoms with Gasteiger partial charge in [0.2, 0.25) is 5.91 Å². The highest BCUT2D eigenvalue weighted by Gasteiger charge is 2.40. The fourth-order valence-corrected chi connectivity index (χ4v) is 7.43. The molecule has 1 aliphatic rings. The molecule has 2 aromatic rings. The lowest BCUT2D eigenvalue weighted by Crippen LogP contribution is -2.50. The van der Waals surface area contributed by atoms with Crippen LogP contribution in [0.1, 0.15) is 36.9 Å². The molecular weight excluding hydrogens is 536 g/mol. The van der Waals surface area contributed by atoms with Crippen LogP contribution in [0.4, 0.5) is 14.5 Å². The van der Waals surface area contributed by atoms with Crippen LogP contribution in [-0.4, -0.2) is 57.5 Å². The van der Waals surface area contributed by atoms with Gasteiger partial charge >= 0.3 is 5.97 Å². The van der Waals surface area contributed by atoms with Crippen molar-refractivity contribution in [2.24, 2.45) is 0 Å². The van der Waals surface area contributed by atoms with E-state index >= 15 is 0 Å². The first-order valence-electron chi connectivity index (χ1n) is 12.3. The van der Waals surface area contributed by atoms with E-state index in [0.717, 1.165) is 16.4 Å². The van der Waals surface area contributed by atoms with Gasteiger partial charge in [-0.05, 0) is 55.2 Å². The van der Waals surface area contributed by atoms with Crippen LogP contribution in [0, 0.1) is 11.6 Å². The highest BCUT2D eigenvalue weighted by Crippen LogP contribution is 2.35. The van der Waals surface area contributed by atoms with E-state index in [-0.39, 0.29) is 36.8 Å². The fourth-order valence-electron chi connectivity index (χ4n) is 4.46. The number of nitrogens with zero attached hydrogens (tertiary/aromatic N) is 1. The van der Waals surface area contributed by atoms with Crippen LogP contribution in [-0.2, 0) is 26.2 Å². The summed E-state index contributed by atoms with van der Waals surface area (Å²) in [5.41, 5.74) is 0.990. The van der Waals surface area contributed by atoms with Crippen LogP contribution in [0.3, 0.4) is 0 Å². The number of nitrogens with one attached hydrogen (secondary N) is 2. The number of carboxylic acid groups (broad SMARTS) is 1. The van der Waals surface area contributed by atoms with Gasteiger partial charge in [-0.15, -0.1) is 0 Å². The van der Waals surface area contributed by atoms with Crippen molar-refractivity contribution in [3.8, 4) is 5.75 Å². The molecule has 0 bridgehead atoms. The first-order chi connectivity index (χ1) is 17.7. The number of hydrogen-bond donors (Lipinski definition) is 3. The maximum atomic E-state index is 14.8. The summed E-state index contributed by atoms with van der Waals surface area (Å²) in [6.07, 6.45) is 0.139. The number of hydrogen-bond acceptors (Lipinski definition) is 5. The Kier molecular flexibility index (Phi) is 9.29. The molecule has 0 aromatic heterocycles. The Bertz CT molecular complexity index is 1290. The molecule has 0 radical (unpaired) electrons. The predicted molar refractivity (Wildman–Crippen MR) is 143 cm³/mol. The second kappa shape index (κ2) is 11.9. The quantitative estimate of drug-likeness (QED) is 0.282. The first kappa shape index (κ1) is 29.7. The lowest BCUT2D eigenvalue weighted by atomic mass is 9.93. The molecule has 9 nitrogen and oxygen atoms in total. The van der Waals surface area contributed by atoms with E-state index in [1.54, 1.807) is 37.8 Å². The summed E-state index contributed by atoms with van der Waals surface area (Å²) < 4.78 is 64.9. The number of ether oxygens (including phenoxy) is 1. The number of benzene rings is 2. The van der Waals surface area contributed by atoms with E-state index in [9.17, 15) is 26.8 Å². The number of carboxylic acids is 1. The van der Waals surface area contributed by atoms with E-state index in [0.29, 0.717) is 29.9 Å². The van der Waals surface area contributed by atoms with Crippen molar-refractivity contribution in [3.63, 3.8) is 0 Å². The third kappa shape index (κ3) is 6.95. The molecule has 1 atom stereocenters. The molecule has 0 saturated carbocycles. The molecule has 1 aliphatic heterocycles. The summed E-state index contributed by atoms with van der Waals surface area (Å²) in [4.78, 5) is 24.3. The monoisotopic (exact) mass is 569 g/mol. The molecule has 3 rings (SSSR count). The lowest BCUT2D eigenvalue weighted by Gasteiger charge is -2.35. The number of rotatable bonds is 11. The predicted octanol–water partition coefficient (Wildman–Crippen LogP) is 3.15. The van der Waals surface area contributed by atoms with E-state index in [1.165, 1.54) is 0 Å². The minimum Gasteiger partial charge on any atom is -0.494 e. The van der Waals surface area contributed by atoms with Gasteiger partial charge in [-0.25, -0.2) is 13.5 Å². The van der Waals surface area contributed by atoms with Crippen LogP contribution in [0.15, 0.2) is 30.3 Å². The lowest BCUT2D eigenvalue weighted by molar-refractivity contribution is -0.137. The minimum atomic E-state index is -4.22. The first-order valence-corrected chi connectivity index (χ1v) is 17.2. The van der Waals surface area contributed by atoms with Crippen LogP contribution in [0.2, 0.25) is 19.6 Å². The molecule has 3 N–H and O–H groups in total. The van der Waals surface area contributed by atoms with Gasteiger partial charge in [0, 0.05) is 30.4 Å². The fraction of sp³-hybridized carbons (Fsp3) is 0.440. The van der Waals surface area contributed by atoms with Crippen molar-refractivity contribution in [3.05, 3.63) is 53.1 Å². The summed E-state index contributed by atoms with van der Waals surface area (Å²) in [5.74, 6) is -2.81. The Balaban J connectivity index is 1.96. The summed E-state index contributed by atoms with van der Waals surface area (Å²) >= 11 is 0. The van der Waals surface area contributed by atoms with Gasteiger partial charge in [-0.3, -0.25) is 9.59 Å². The van der Waals surface area contributed by atoms with Gasteiger partial charge in [0.25, 0.3) is 10.2 Å². The molecule has 0 spiro atoms. The van der Waals surface area contributed by atoms with Gasteiger partial charge in [-0.2, -0.15) is 12.7 Å². The summed E-state index contributed by atoms with van der Waals surface area (Å²) in [6, 6.07) is 5.71. The average Bonchev–Trinajstić information content (AvgIpc) is 2.79. The van der Waals surface area contributed by atoms with Crippen molar-refractivity contribution in [1.82, 2.24) is 9.03 Å². The molecule has 0 fully saturated rings. The van der Waals surface area contributed by atoms with Gasteiger partial charge in [-0.1, -0.05) is 25.7 Å². The number of amides is 1. The van der Waals surface area contributed by atoms with Crippen molar-refractivity contribution in [2.75, 3.05) is 25.0 Å². The largest absolute Gasteiger partial charge is 0.494 e. The van der Waals surface area contributed by atoms with E-state index < -0.39 is 47.8 Å². The van der Waals surface area contributed by atoms with Crippen LogP contribution in [0.25, 0.3) is 0 Å². The number of halogens is 2. The number of carbonyl (C=O) groups excluding carboxylic acids is 1. The smallest absolute Gasteiger partial charge is 0.303 e. The van der Waals surface area contributed by atoms with Crippen LogP contribution >= 0.6 is 0 Å². The summed E-state index contributed by atoms with van der Waals surface area (Å²) in [6.45, 7) is 7.47. The zero-order chi connectivity index (χ0) is 28.3. The molecule has 0 aliphatic carbocycles. The molecule has 13 heteroatoms. The average molecular weight is 570 g/mol. The zero-order valence-corrected chi connectivity index (χ0v) is 23.6. The van der Waals surface area contributed by atoms with Crippen molar-refractivity contribution in [1.29, 1.82) is 0 Å². The number of fused-ring (bicyclic) bond motifs is 1. The third-order valence-corrected chi connectivity index (χ3v) is 9.64. The third-order valence-electron chi connectivity index (χ3n) is 6.08. The SMILES string of the molecule is CCOc1ccc2c(c1)CCN(S(=O)(=O)NCCCC(=O)O)[C@H]2C(=O)Nc1cc(F)c([Si](C)(C)C)c(F)c1. The molecule has 1 amide bonds. The normalized spacial score (nSPS) is 16.1. The van der Waals surface area contributed by atoms with Crippen molar-refractivity contribution < 1.29 is 36.6 Å². The van der Waals surface area contributed by atoms with E-state index in [2.05, 4.69) is 10.0 Å². The van der Waals surface area contributed by atoms with E-state index in [4.69, 9.17) is 9.84 Å². The molecule has 2 aromatic carbocycles. The second-order valence-corrected chi connectivity index (χ2v) is 16.7. The highest BCUT2D eigenvalue weighted by atomic mass is 32.2. The molecule has 1 heterocycles. The Hall–Kier alpha value is -2.87. The number of carbonyl (C=O) groups is 2. The highest BCUT2D eigenvalue weighted by molar-refractivity contribution is 7.87.